The zero-order chi connectivity index (χ0) is 21.8. The summed E-state index contributed by atoms with van der Waals surface area (Å²) in [7, 11) is 0. The van der Waals surface area contributed by atoms with E-state index in [1.54, 1.807) is 11.3 Å². The Hall–Kier alpha value is -2.18. The van der Waals surface area contributed by atoms with Crippen LogP contribution in [0.2, 0.25) is 0 Å². The minimum absolute atomic E-state index is 0.288. The first-order valence-corrected chi connectivity index (χ1v) is 12.6. The van der Waals surface area contributed by atoms with E-state index in [2.05, 4.69) is 82.2 Å². The number of benzene rings is 2. The molecule has 1 aliphatic rings. The Morgan fingerprint density at radius 2 is 1.87 bits per heavy atom. The maximum absolute atomic E-state index is 12.0. The quantitative estimate of drug-likeness (QED) is 0.374. The second-order valence-electron chi connectivity index (χ2n) is 8.23. The highest BCUT2D eigenvalue weighted by molar-refractivity contribution is 9.10. The van der Waals surface area contributed by atoms with E-state index in [1.165, 1.54) is 5.56 Å². The third-order valence-electron chi connectivity index (χ3n) is 5.71. The first-order chi connectivity index (χ1) is 15.0. The van der Waals surface area contributed by atoms with Gasteiger partial charge in [-0.2, -0.15) is 0 Å². The number of carbonyl (C=O) groups is 1. The van der Waals surface area contributed by atoms with Crippen molar-refractivity contribution in [1.82, 2.24) is 9.47 Å². The van der Waals surface area contributed by atoms with Crippen molar-refractivity contribution in [2.75, 3.05) is 13.1 Å². The van der Waals surface area contributed by atoms with Gasteiger partial charge in [-0.15, -0.1) is 11.3 Å². The van der Waals surface area contributed by atoms with Crippen LogP contribution >= 0.6 is 27.3 Å². The van der Waals surface area contributed by atoms with Crippen molar-refractivity contribution in [3.8, 4) is 11.3 Å². The molecule has 1 aliphatic heterocycles. The van der Waals surface area contributed by atoms with E-state index in [0.717, 1.165) is 58.7 Å². The lowest BCUT2D eigenvalue weighted by molar-refractivity contribution is -0.127. The number of hydrogen-bond donors (Lipinski definition) is 0. The number of hydrogen-bond acceptors (Lipinski definition) is 3. The van der Waals surface area contributed by atoms with Crippen LogP contribution in [0.15, 0.2) is 63.4 Å². The second-order valence-corrected chi connectivity index (χ2v) is 9.92. The van der Waals surface area contributed by atoms with Crippen LogP contribution < -0.4 is 4.80 Å². The fraction of sp³-hybridized carbons (Fsp3) is 0.360. The fourth-order valence-electron chi connectivity index (χ4n) is 3.92. The van der Waals surface area contributed by atoms with Gasteiger partial charge in [0, 0.05) is 41.5 Å². The molecule has 0 spiro atoms. The van der Waals surface area contributed by atoms with Crippen LogP contribution in [0, 0.1) is 0 Å². The van der Waals surface area contributed by atoms with E-state index in [9.17, 15) is 4.79 Å². The minimum atomic E-state index is 0.288. The van der Waals surface area contributed by atoms with Gasteiger partial charge < -0.3 is 9.47 Å². The Balaban J connectivity index is 1.65. The molecule has 0 atom stereocenters. The highest BCUT2D eigenvalue weighted by Crippen LogP contribution is 2.29. The van der Waals surface area contributed by atoms with Crippen LogP contribution in [0.5, 0.6) is 0 Å². The van der Waals surface area contributed by atoms with Crippen molar-refractivity contribution >= 4 is 38.9 Å². The maximum Gasteiger partial charge on any atom is 0.222 e. The summed E-state index contributed by atoms with van der Waals surface area (Å²) in [5.74, 6) is 0.799. The van der Waals surface area contributed by atoms with Crippen LogP contribution in [0.4, 0.5) is 5.69 Å². The Kier molecular flexibility index (Phi) is 7.08. The number of thiazole rings is 1. The van der Waals surface area contributed by atoms with Gasteiger partial charge in [0.2, 0.25) is 5.91 Å². The van der Waals surface area contributed by atoms with E-state index in [4.69, 9.17) is 4.99 Å². The third kappa shape index (κ3) is 5.18. The molecule has 4 rings (SSSR count). The maximum atomic E-state index is 12.0. The molecule has 1 amide bonds. The summed E-state index contributed by atoms with van der Waals surface area (Å²) < 4.78 is 3.37. The highest BCUT2D eigenvalue weighted by Gasteiger charge is 2.19. The third-order valence-corrected chi connectivity index (χ3v) is 7.27. The van der Waals surface area contributed by atoms with Gasteiger partial charge in [-0.05, 0) is 42.5 Å². The van der Waals surface area contributed by atoms with Crippen LogP contribution in [0.25, 0.3) is 11.3 Å². The number of likely N-dealkylation sites (tertiary alicyclic amines) is 1. The Labute approximate surface area is 196 Å². The highest BCUT2D eigenvalue weighted by atomic mass is 79.9. The Morgan fingerprint density at radius 3 is 2.55 bits per heavy atom. The second kappa shape index (κ2) is 9.96. The van der Waals surface area contributed by atoms with Gasteiger partial charge in [0.1, 0.15) is 0 Å². The molecule has 0 aliphatic carbocycles. The molecule has 1 saturated heterocycles. The molecule has 0 unspecified atom stereocenters. The lowest BCUT2D eigenvalue weighted by Gasteiger charge is -2.16. The first kappa shape index (κ1) is 22.0. The molecule has 162 valence electrons. The average Bonchev–Trinajstić information content (AvgIpc) is 3.35. The molecule has 6 heteroatoms. The number of amides is 1. The number of carbonyl (C=O) groups excluding carboxylic acids is 1. The summed E-state index contributed by atoms with van der Waals surface area (Å²) in [5, 5.41) is 2.18. The lowest BCUT2D eigenvalue weighted by atomic mass is 10.0. The van der Waals surface area contributed by atoms with E-state index < -0.39 is 0 Å². The summed E-state index contributed by atoms with van der Waals surface area (Å²) >= 11 is 5.37. The molecular formula is C25H28BrN3OS. The molecule has 3 aromatic rings. The molecule has 1 fully saturated rings. The molecule has 0 saturated carbocycles. The predicted molar refractivity (Wildman–Crippen MR) is 132 cm³/mol. The van der Waals surface area contributed by atoms with Gasteiger partial charge in [0.15, 0.2) is 4.80 Å². The van der Waals surface area contributed by atoms with E-state index in [0.29, 0.717) is 12.3 Å². The Morgan fingerprint density at radius 1 is 1.10 bits per heavy atom. The van der Waals surface area contributed by atoms with Crippen molar-refractivity contribution < 1.29 is 4.79 Å². The van der Waals surface area contributed by atoms with Crippen molar-refractivity contribution in [2.24, 2.45) is 4.99 Å². The van der Waals surface area contributed by atoms with Gasteiger partial charge >= 0.3 is 0 Å². The molecular weight excluding hydrogens is 470 g/mol. The first-order valence-electron chi connectivity index (χ1n) is 10.9. The summed E-state index contributed by atoms with van der Waals surface area (Å²) in [5.41, 5.74) is 4.60. The molecule has 0 radical (unpaired) electrons. The van der Waals surface area contributed by atoms with Crippen molar-refractivity contribution in [3.63, 3.8) is 0 Å². The van der Waals surface area contributed by atoms with Gasteiger partial charge in [-0.25, -0.2) is 4.99 Å². The van der Waals surface area contributed by atoms with Crippen LogP contribution in [-0.2, 0) is 11.3 Å². The molecule has 1 aromatic heterocycles. The summed E-state index contributed by atoms with van der Waals surface area (Å²) in [4.78, 5) is 19.9. The van der Waals surface area contributed by atoms with Crippen LogP contribution in [0.3, 0.4) is 0 Å². The largest absolute Gasteiger partial charge is 0.343 e. The zero-order valence-corrected chi connectivity index (χ0v) is 20.5. The van der Waals surface area contributed by atoms with Gasteiger partial charge in [0.25, 0.3) is 0 Å². The van der Waals surface area contributed by atoms with Crippen molar-refractivity contribution in [1.29, 1.82) is 0 Å². The topological polar surface area (TPSA) is 37.6 Å². The molecule has 4 nitrogen and oxygen atoms in total. The van der Waals surface area contributed by atoms with Crippen molar-refractivity contribution in [2.45, 2.75) is 45.6 Å². The fourth-order valence-corrected chi connectivity index (χ4v) is 5.36. The van der Waals surface area contributed by atoms with Crippen molar-refractivity contribution in [3.05, 3.63) is 68.7 Å². The minimum Gasteiger partial charge on any atom is -0.343 e. The van der Waals surface area contributed by atoms with Crippen LogP contribution in [0.1, 0.15) is 44.6 Å². The average molecular weight is 498 g/mol. The predicted octanol–water partition coefficient (Wildman–Crippen LogP) is 6.35. The summed E-state index contributed by atoms with van der Waals surface area (Å²) in [6, 6.07) is 16.8. The van der Waals surface area contributed by atoms with Gasteiger partial charge in [-0.1, -0.05) is 60.1 Å². The number of halogens is 1. The smallest absolute Gasteiger partial charge is 0.222 e. The van der Waals surface area contributed by atoms with E-state index >= 15 is 0 Å². The monoisotopic (exact) mass is 497 g/mol. The number of nitrogens with zero attached hydrogens (tertiary/aromatic N) is 3. The summed E-state index contributed by atoms with van der Waals surface area (Å²) in [6.45, 7) is 6.93. The number of aromatic nitrogens is 1. The van der Waals surface area contributed by atoms with Gasteiger partial charge in [-0.3, -0.25) is 4.79 Å². The van der Waals surface area contributed by atoms with Crippen LogP contribution in [-0.4, -0.2) is 28.5 Å². The SMILES string of the molecule is CC(C)c1ccc(N=c2scc(-c3ccccc3Br)n2CCCN2CCCC2=O)cc1. The molecule has 2 aromatic carbocycles. The van der Waals surface area contributed by atoms with E-state index in [1.807, 2.05) is 11.0 Å². The van der Waals surface area contributed by atoms with Gasteiger partial charge in [0.05, 0.1) is 11.4 Å². The number of rotatable bonds is 7. The Bertz CT molecular complexity index is 1110. The normalized spacial score (nSPS) is 14.8. The molecule has 31 heavy (non-hydrogen) atoms. The molecule has 0 N–H and O–H groups in total. The molecule has 0 bridgehead atoms. The van der Waals surface area contributed by atoms with E-state index in [-0.39, 0.29) is 5.91 Å². The summed E-state index contributed by atoms with van der Waals surface area (Å²) in [6.07, 6.45) is 2.60. The standard InChI is InChI=1S/C25H28BrN3OS/c1-18(2)19-10-12-20(13-11-19)27-25-29(16-6-15-28-14-5-9-24(28)30)23(17-31-25)21-7-3-4-8-22(21)26/h3-4,7-8,10-13,17-18H,5-6,9,14-16H2,1-2H3. The lowest BCUT2D eigenvalue weighted by Crippen LogP contribution is -2.27. The zero-order valence-electron chi connectivity index (χ0n) is 18.1. The molecule has 2 heterocycles.